The van der Waals surface area contributed by atoms with E-state index in [2.05, 4.69) is 6.92 Å². The third kappa shape index (κ3) is 4.94. The van der Waals surface area contributed by atoms with Crippen molar-refractivity contribution in [2.24, 2.45) is 11.7 Å². The molecule has 1 rings (SSSR count). The van der Waals surface area contributed by atoms with Crippen molar-refractivity contribution in [3.8, 4) is 0 Å². The fraction of sp³-hybridized carbons (Fsp3) is 0.929. The van der Waals surface area contributed by atoms with Gasteiger partial charge >= 0.3 is 5.97 Å². The van der Waals surface area contributed by atoms with Gasteiger partial charge in [0.05, 0.1) is 6.61 Å². The fourth-order valence-corrected chi connectivity index (χ4v) is 2.18. The van der Waals surface area contributed by atoms with Crippen molar-refractivity contribution >= 4 is 5.97 Å². The first-order chi connectivity index (χ1) is 8.61. The summed E-state index contributed by atoms with van der Waals surface area (Å²) in [5, 5.41) is 9.14. The van der Waals surface area contributed by atoms with Crippen LogP contribution in [0.1, 0.15) is 58.3 Å². The first kappa shape index (κ1) is 15.4. The zero-order chi connectivity index (χ0) is 13.4. The second-order valence-electron chi connectivity index (χ2n) is 5.44. The maximum Gasteiger partial charge on any atom is 0.326 e. The van der Waals surface area contributed by atoms with Crippen molar-refractivity contribution in [1.82, 2.24) is 0 Å². The quantitative estimate of drug-likeness (QED) is 0.558. The predicted octanol–water partition coefficient (Wildman–Crippen LogP) is 2.56. The lowest BCUT2D eigenvalue weighted by molar-refractivity contribution is -0.147. The Balaban J connectivity index is 2.04. The minimum Gasteiger partial charge on any atom is -0.480 e. The molecule has 1 aliphatic carbocycles. The molecule has 4 nitrogen and oxygen atoms in total. The summed E-state index contributed by atoms with van der Waals surface area (Å²) in [7, 11) is 0. The molecule has 106 valence electrons. The Labute approximate surface area is 110 Å². The van der Waals surface area contributed by atoms with Crippen LogP contribution >= 0.6 is 0 Å². The number of hydrogen-bond acceptors (Lipinski definition) is 3. The van der Waals surface area contributed by atoms with E-state index >= 15 is 0 Å². The van der Waals surface area contributed by atoms with Crippen LogP contribution in [0.2, 0.25) is 0 Å². The molecular weight excluding hydrogens is 230 g/mol. The highest BCUT2D eigenvalue weighted by Gasteiger charge is 2.48. The first-order valence-corrected chi connectivity index (χ1v) is 7.21. The summed E-state index contributed by atoms with van der Waals surface area (Å²) >= 11 is 0. The Morgan fingerprint density at radius 1 is 1.28 bits per heavy atom. The van der Waals surface area contributed by atoms with Gasteiger partial charge in [-0.05, 0) is 25.2 Å². The van der Waals surface area contributed by atoms with Gasteiger partial charge in [-0.1, -0.05) is 39.0 Å². The van der Waals surface area contributed by atoms with E-state index in [0.29, 0.717) is 6.61 Å². The molecule has 0 amide bonds. The van der Waals surface area contributed by atoms with Crippen molar-refractivity contribution < 1.29 is 14.6 Å². The topological polar surface area (TPSA) is 72.5 Å². The zero-order valence-electron chi connectivity index (χ0n) is 11.5. The average Bonchev–Trinajstić information content (AvgIpc) is 3.16. The van der Waals surface area contributed by atoms with Crippen LogP contribution in [0.3, 0.4) is 0 Å². The van der Waals surface area contributed by atoms with Crippen LogP contribution in [-0.2, 0) is 9.53 Å². The van der Waals surface area contributed by atoms with Gasteiger partial charge in [0.25, 0.3) is 0 Å². The smallest absolute Gasteiger partial charge is 0.326 e. The Morgan fingerprint density at radius 3 is 2.44 bits per heavy atom. The minimum atomic E-state index is -1.15. The summed E-state index contributed by atoms with van der Waals surface area (Å²) in [6.45, 7) is 2.99. The molecule has 0 saturated heterocycles. The molecule has 0 bridgehead atoms. The molecule has 0 aromatic carbocycles. The van der Waals surface area contributed by atoms with E-state index < -0.39 is 11.5 Å². The summed E-state index contributed by atoms with van der Waals surface area (Å²) in [6.07, 6.45) is 9.09. The van der Waals surface area contributed by atoms with E-state index in [4.69, 9.17) is 15.6 Å². The highest BCUT2D eigenvalue weighted by atomic mass is 16.5. The number of carboxylic acid groups (broad SMARTS) is 1. The normalized spacial score (nSPS) is 18.6. The van der Waals surface area contributed by atoms with Crippen LogP contribution in [0.4, 0.5) is 0 Å². The number of aliphatic carboxylic acids is 1. The van der Waals surface area contributed by atoms with Crippen molar-refractivity contribution in [2.75, 3.05) is 13.2 Å². The van der Waals surface area contributed by atoms with Crippen LogP contribution in [0.15, 0.2) is 0 Å². The van der Waals surface area contributed by atoms with Crippen LogP contribution in [-0.4, -0.2) is 29.8 Å². The molecule has 0 aromatic rings. The summed E-state index contributed by atoms with van der Waals surface area (Å²) in [6, 6.07) is 0. The molecule has 1 aliphatic rings. The van der Waals surface area contributed by atoms with Gasteiger partial charge in [-0.2, -0.15) is 0 Å². The Kier molecular flexibility index (Phi) is 6.65. The maximum atomic E-state index is 11.1. The summed E-state index contributed by atoms with van der Waals surface area (Å²) in [4.78, 5) is 11.1. The molecule has 0 radical (unpaired) electrons. The lowest BCUT2D eigenvalue weighted by Gasteiger charge is -2.24. The largest absolute Gasteiger partial charge is 0.480 e. The Bertz CT molecular complexity index is 253. The molecule has 3 N–H and O–H groups in total. The minimum absolute atomic E-state index is 0.111. The van der Waals surface area contributed by atoms with Crippen molar-refractivity contribution in [2.45, 2.75) is 63.8 Å². The number of nitrogens with two attached hydrogens (primary N) is 1. The monoisotopic (exact) mass is 257 g/mol. The molecule has 1 unspecified atom stereocenters. The molecular formula is C14H27NO3. The van der Waals surface area contributed by atoms with Gasteiger partial charge < -0.3 is 15.6 Å². The van der Waals surface area contributed by atoms with E-state index in [9.17, 15) is 4.79 Å². The van der Waals surface area contributed by atoms with Gasteiger partial charge in [0.15, 0.2) is 0 Å². The predicted molar refractivity (Wildman–Crippen MR) is 71.5 cm³/mol. The third-order valence-corrected chi connectivity index (χ3v) is 3.69. The van der Waals surface area contributed by atoms with Crippen molar-refractivity contribution in [3.63, 3.8) is 0 Å². The molecule has 0 aromatic heterocycles. The van der Waals surface area contributed by atoms with Gasteiger partial charge in [0.2, 0.25) is 0 Å². The van der Waals surface area contributed by atoms with E-state index in [0.717, 1.165) is 25.7 Å². The number of unbranched alkanes of at least 4 members (excludes halogenated alkanes) is 5. The van der Waals surface area contributed by atoms with Crippen LogP contribution < -0.4 is 5.73 Å². The number of carbonyl (C=O) groups is 1. The van der Waals surface area contributed by atoms with E-state index in [1.165, 1.54) is 25.7 Å². The molecule has 1 fully saturated rings. The van der Waals surface area contributed by atoms with Gasteiger partial charge in [0.1, 0.15) is 5.54 Å². The molecule has 1 atom stereocenters. The van der Waals surface area contributed by atoms with Gasteiger partial charge in [-0.15, -0.1) is 0 Å². The molecule has 0 aliphatic heterocycles. The van der Waals surface area contributed by atoms with Crippen LogP contribution in [0.25, 0.3) is 0 Å². The number of carboxylic acids is 1. The van der Waals surface area contributed by atoms with Crippen LogP contribution in [0.5, 0.6) is 0 Å². The maximum absolute atomic E-state index is 11.1. The zero-order valence-corrected chi connectivity index (χ0v) is 11.5. The summed E-state index contributed by atoms with van der Waals surface area (Å²) in [5.41, 5.74) is 4.75. The second kappa shape index (κ2) is 7.74. The van der Waals surface area contributed by atoms with Crippen molar-refractivity contribution in [3.05, 3.63) is 0 Å². The fourth-order valence-electron chi connectivity index (χ4n) is 2.18. The molecule has 0 spiro atoms. The van der Waals surface area contributed by atoms with E-state index in [1.54, 1.807) is 0 Å². The third-order valence-electron chi connectivity index (χ3n) is 3.69. The van der Waals surface area contributed by atoms with E-state index in [-0.39, 0.29) is 12.5 Å². The van der Waals surface area contributed by atoms with Gasteiger partial charge in [-0.25, -0.2) is 0 Å². The molecule has 1 saturated carbocycles. The molecule has 0 heterocycles. The second-order valence-corrected chi connectivity index (χ2v) is 5.44. The Morgan fingerprint density at radius 2 is 1.89 bits per heavy atom. The molecule has 18 heavy (non-hydrogen) atoms. The highest BCUT2D eigenvalue weighted by molar-refractivity contribution is 5.79. The van der Waals surface area contributed by atoms with E-state index in [1.807, 2.05) is 0 Å². The summed E-state index contributed by atoms with van der Waals surface area (Å²) < 4.78 is 5.46. The lowest BCUT2D eigenvalue weighted by Crippen LogP contribution is -2.54. The number of ether oxygens (including phenoxy) is 1. The van der Waals surface area contributed by atoms with Crippen molar-refractivity contribution in [1.29, 1.82) is 0 Å². The number of rotatable bonds is 11. The first-order valence-electron chi connectivity index (χ1n) is 7.21. The standard InChI is InChI=1S/C14H27NO3/c1-2-3-4-5-6-7-10-18-11-14(15,13(16)17)12-8-9-12/h12H,2-11,15H2,1H3,(H,16,17). The Hall–Kier alpha value is -0.610. The lowest BCUT2D eigenvalue weighted by atomic mass is 9.96. The average molecular weight is 257 g/mol. The van der Waals surface area contributed by atoms with Gasteiger partial charge in [-0.3, -0.25) is 4.79 Å². The van der Waals surface area contributed by atoms with Gasteiger partial charge in [0, 0.05) is 6.61 Å². The summed E-state index contributed by atoms with van der Waals surface area (Å²) in [5.74, 6) is -0.813. The molecule has 4 heteroatoms. The number of hydrogen-bond donors (Lipinski definition) is 2. The SMILES string of the molecule is CCCCCCCCOCC(N)(C(=O)O)C1CC1. The van der Waals surface area contributed by atoms with Crippen LogP contribution in [0, 0.1) is 5.92 Å². The highest BCUT2D eigenvalue weighted by Crippen LogP contribution is 2.38.